The van der Waals surface area contributed by atoms with E-state index in [4.69, 9.17) is 4.74 Å². The van der Waals surface area contributed by atoms with E-state index >= 15 is 0 Å². The highest BCUT2D eigenvalue weighted by Gasteiger charge is 2.26. The average Bonchev–Trinajstić information content (AvgIpc) is 2.25. The highest BCUT2D eigenvalue weighted by Crippen LogP contribution is 2.29. The molecule has 0 aromatic heterocycles. The van der Waals surface area contributed by atoms with Crippen LogP contribution < -0.4 is 5.32 Å². The standard InChI is InChI=1S/C13H27NO/c1-4-15-10-9-14-13-8-6-5-7-12(13)11(2)3/h11-14H,4-10H2,1-3H3. The predicted molar refractivity (Wildman–Crippen MR) is 65.1 cm³/mol. The summed E-state index contributed by atoms with van der Waals surface area (Å²) in [5.41, 5.74) is 0. The van der Waals surface area contributed by atoms with Crippen molar-refractivity contribution < 1.29 is 4.74 Å². The van der Waals surface area contributed by atoms with Gasteiger partial charge in [-0.2, -0.15) is 0 Å². The Morgan fingerprint density at radius 2 is 2.00 bits per heavy atom. The van der Waals surface area contributed by atoms with E-state index in [0.29, 0.717) is 0 Å². The van der Waals surface area contributed by atoms with Crippen LogP contribution in [0.1, 0.15) is 46.5 Å². The van der Waals surface area contributed by atoms with Gasteiger partial charge in [-0.1, -0.05) is 26.7 Å². The summed E-state index contributed by atoms with van der Waals surface area (Å²) in [4.78, 5) is 0. The first kappa shape index (κ1) is 13.0. The zero-order chi connectivity index (χ0) is 11.1. The molecule has 1 aliphatic carbocycles. The third-order valence-corrected chi connectivity index (χ3v) is 3.53. The van der Waals surface area contributed by atoms with Gasteiger partial charge < -0.3 is 10.1 Å². The smallest absolute Gasteiger partial charge is 0.0590 e. The van der Waals surface area contributed by atoms with Crippen LogP contribution in [0.5, 0.6) is 0 Å². The first-order chi connectivity index (χ1) is 7.25. The van der Waals surface area contributed by atoms with E-state index in [1.54, 1.807) is 0 Å². The van der Waals surface area contributed by atoms with Gasteiger partial charge in [-0.25, -0.2) is 0 Å². The zero-order valence-electron chi connectivity index (χ0n) is 10.6. The quantitative estimate of drug-likeness (QED) is 0.685. The van der Waals surface area contributed by atoms with Gasteiger partial charge in [0.2, 0.25) is 0 Å². The number of hydrogen-bond donors (Lipinski definition) is 1. The minimum Gasteiger partial charge on any atom is -0.380 e. The van der Waals surface area contributed by atoms with Crippen LogP contribution in [0.2, 0.25) is 0 Å². The molecular formula is C13H27NO. The molecule has 0 aromatic carbocycles. The predicted octanol–water partition coefficient (Wildman–Crippen LogP) is 2.83. The molecule has 0 bridgehead atoms. The second-order valence-electron chi connectivity index (χ2n) is 4.95. The summed E-state index contributed by atoms with van der Waals surface area (Å²) in [5.74, 6) is 1.69. The fourth-order valence-electron chi connectivity index (χ4n) is 2.67. The van der Waals surface area contributed by atoms with E-state index < -0.39 is 0 Å². The van der Waals surface area contributed by atoms with Gasteiger partial charge in [0.05, 0.1) is 6.61 Å². The summed E-state index contributed by atoms with van der Waals surface area (Å²) in [6, 6.07) is 0.735. The highest BCUT2D eigenvalue weighted by atomic mass is 16.5. The number of ether oxygens (including phenoxy) is 1. The van der Waals surface area contributed by atoms with Crippen molar-refractivity contribution in [1.82, 2.24) is 5.32 Å². The van der Waals surface area contributed by atoms with Crippen molar-refractivity contribution in [2.45, 2.75) is 52.5 Å². The molecule has 1 aliphatic rings. The Labute approximate surface area is 94.8 Å². The highest BCUT2D eigenvalue weighted by molar-refractivity contribution is 4.82. The Hall–Kier alpha value is -0.0800. The van der Waals surface area contributed by atoms with Crippen molar-refractivity contribution >= 4 is 0 Å². The van der Waals surface area contributed by atoms with E-state index in [9.17, 15) is 0 Å². The molecule has 1 N–H and O–H groups in total. The second kappa shape index (κ2) is 7.24. The van der Waals surface area contributed by atoms with Crippen LogP contribution in [-0.4, -0.2) is 25.8 Å². The lowest BCUT2D eigenvalue weighted by Crippen LogP contribution is -2.42. The Morgan fingerprint density at radius 3 is 2.67 bits per heavy atom. The van der Waals surface area contributed by atoms with Gasteiger partial charge in [0, 0.05) is 19.2 Å². The maximum Gasteiger partial charge on any atom is 0.0590 e. The number of nitrogens with one attached hydrogen (secondary N) is 1. The largest absolute Gasteiger partial charge is 0.380 e. The third-order valence-electron chi connectivity index (χ3n) is 3.53. The van der Waals surface area contributed by atoms with Crippen LogP contribution in [0.4, 0.5) is 0 Å². The minimum atomic E-state index is 0.735. The van der Waals surface area contributed by atoms with Gasteiger partial charge in [-0.3, -0.25) is 0 Å². The molecule has 0 aromatic rings. The molecular weight excluding hydrogens is 186 g/mol. The first-order valence-corrected chi connectivity index (χ1v) is 6.56. The van der Waals surface area contributed by atoms with Gasteiger partial charge in [0.15, 0.2) is 0 Å². The van der Waals surface area contributed by atoms with Crippen LogP contribution in [0.25, 0.3) is 0 Å². The summed E-state index contributed by atoms with van der Waals surface area (Å²) in [6.07, 6.45) is 5.58. The lowest BCUT2D eigenvalue weighted by Gasteiger charge is -2.35. The lowest BCUT2D eigenvalue weighted by molar-refractivity contribution is 0.134. The topological polar surface area (TPSA) is 21.3 Å². The first-order valence-electron chi connectivity index (χ1n) is 6.56. The van der Waals surface area contributed by atoms with Gasteiger partial charge in [-0.15, -0.1) is 0 Å². The molecule has 15 heavy (non-hydrogen) atoms. The summed E-state index contributed by atoms with van der Waals surface area (Å²) in [7, 11) is 0. The zero-order valence-corrected chi connectivity index (χ0v) is 10.6. The third kappa shape index (κ3) is 4.52. The maximum atomic E-state index is 5.36. The SMILES string of the molecule is CCOCCNC1CCCCC1C(C)C. The molecule has 0 aliphatic heterocycles. The fourth-order valence-corrected chi connectivity index (χ4v) is 2.67. The van der Waals surface area contributed by atoms with Crippen molar-refractivity contribution in [3.63, 3.8) is 0 Å². The molecule has 1 saturated carbocycles. The van der Waals surface area contributed by atoms with Crippen LogP contribution >= 0.6 is 0 Å². The van der Waals surface area contributed by atoms with E-state index in [-0.39, 0.29) is 0 Å². The van der Waals surface area contributed by atoms with Gasteiger partial charge in [0.1, 0.15) is 0 Å². The minimum absolute atomic E-state index is 0.735. The van der Waals surface area contributed by atoms with Crippen molar-refractivity contribution in [2.24, 2.45) is 11.8 Å². The number of rotatable bonds is 6. The van der Waals surface area contributed by atoms with Crippen LogP contribution in [-0.2, 0) is 4.74 Å². The van der Waals surface area contributed by atoms with E-state index in [0.717, 1.165) is 37.6 Å². The Kier molecular flexibility index (Phi) is 6.26. The molecule has 0 spiro atoms. The van der Waals surface area contributed by atoms with Gasteiger partial charge in [-0.05, 0) is 31.6 Å². The molecule has 1 rings (SSSR count). The van der Waals surface area contributed by atoms with Crippen molar-refractivity contribution in [3.8, 4) is 0 Å². The molecule has 1 fully saturated rings. The Balaban J connectivity index is 2.23. The van der Waals surface area contributed by atoms with E-state index in [1.807, 2.05) is 0 Å². The molecule has 0 radical (unpaired) electrons. The number of hydrogen-bond acceptors (Lipinski definition) is 2. The van der Waals surface area contributed by atoms with Gasteiger partial charge in [0.25, 0.3) is 0 Å². The van der Waals surface area contributed by atoms with E-state index in [2.05, 4.69) is 26.1 Å². The second-order valence-corrected chi connectivity index (χ2v) is 4.95. The molecule has 0 saturated heterocycles. The van der Waals surface area contributed by atoms with Crippen LogP contribution in [0.3, 0.4) is 0 Å². The molecule has 2 heteroatoms. The summed E-state index contributed by atoms with van der Waals surface area (Å²) in [5, 5.41) is 3.66. The van der Waals surface area contributed by atoms with Crippen LogP contribution in [0.15, 0.2) is 0 Å². The summed E-state index contributed by atoms with van der Waals surface area (Å²) < 4.78 is 5.36. The normalized spacial score (nSPS) is 27.2. The van der Waals surface area contributed by atoms with Crippen LogP contribution in [0, 0.1) is 11.8 Å². The summed E-state index contributed by atoms with van der Waals surface area (Å²) >= 11 is 0. The monoisotopic (exact) mass is 213 g/mol. The lowest BCUT2D eigenvalue weighted by atomic mass is 9.78. The molecule has 90 valence electrons. The molecule has 0 heterocycles. The maximum absolute atomic E-state index is 5.36. The van der Waals surface area contributed by atoms with Crippen molar-refractivity contribution in [3.05, 3.63) is 0 Å². The molecule has 2 atom stereocenters. The fraction of sp³-hybridized carbons (Fsp3) is 1.00. The average molecular weight is 213 g/mol. The van der Waals surface area contributed by atoms with Gasteiger partial charge >= 0.3 is 0 Å². The van der Waals surface area contributed by atoms with E-state index in [1.165, 1.54) is 25.7 Å². The summed E-state index contributed by atoms with van der Waals surface area (Å²) in [6.45, 7) is 9.47. The Bertz CT molecular complexity index is 159. The molecule has 2 unspecified atom stereocenters. The molecule has 2 nitrogen and oxygen atoms in total. The van der Waals surface area contributed by atoms with Crippen molar-refractivity contribution in [2.75, 3.05) is 19.8 Å². The molecule has 0 amide bonds. The van der Waals surface area contributed by atoms with Crippen molar-refractivity contribution in [1.29, 1.82) is 0 Å². The Morgan fingerprint density at radius 1 is 1.27 bits per heavy atom.